The second-order valence-corrected chi connectivity index (χ2v) is 10.6. The van der Waals surface area contributed by atoms with Crippen LogP contribution in [0.1, 0.15) is 52.7 Å². The van der Waals surface area contributed by atoms with Crippen molar-refractivity contribution in [2.45, 2.75) is 37.1 Å². The third kappa shape index (κ3) is 4.42. The number of aromatic amines is 1. The van der Waals surface area contributed by atoms with Crippen LogP contribution in [0.25, 0.3) is 0 Å². The van der Waals surface area contributed by atoms with Crippen LogP contribution in [0.4, 0.5) is 4.39 Å². The van der Waals surface area contributed by atoms with Crippen molar-refractivity contribution in [2.75, 3.05) is 6.61 Å². The second-order valence-electron chi connectivity index (χ2n) is 7.68. The van der Waals surface area contributed by atoms with E-state index >= 15 is 0 Å². The molecule has 0 bridgehead atoms. The quantitative estimate of drug-likeness (QED) is 0.455. The number of nitrogens with zero attached hydrogens (tertiary/aromatic N) is 1. The van der Waals surface area contributed by atoms with Crippen molar-refractivity contribution in [3.05, 3.63) is 72.7 Å². The molecule has 0 aliphatic carbocycles. The summed E-state index contributed by atoms with van der Waals surface area (Å²) in [5.41, 5.74) is 0.699. The van der Waals surface area contributed by atoms with E-state index in [0.717, 1.165) is 0 Å². The maximum atomic E-state index is 14.8. The van der Waals surface area contributed by atoms with Gasteiger partial charge in [-0.15, -0.1) is 5.10 Å². The fourth-order valence-electron chi connectivity index (χ4n) is 3.89. The highest BCUT2D eigenvalue weighted by Gasteiger charge is 2.36. The first-order valence-electron chi connectivity index (χ1n) is 10.0. The Hall–Kier alpha value is -2.54. The molecule has 2 heterocycles. The number of aromatic nitrogens is 2. The van der Waals surface area contributed by atoms with E-state index < -0.39 is 33.6 Å². The molecular formula is C21H18BrClFN3O6S. The van der Waals surface area contributed by atoms with Gasteiger partial charge in [0, 0.05) is 16.8 Å². The van der Waals surface area contributed by atoms with Crippen molar-refractivity contribution in [3.8, 4) is 5.75 Å². The number of H-pyrrole nitrogens is 1. The number of ether oxygens (including phenoxy) is 1. The summed E-state index contributed by atoms with van der Waals surface area (Å²) in [4.78, 5) is 23.6. The van der Waals surface area contributed by atoms with E-state index in [2.05, 4.69) is 30.8 Å². The lowest BCUT2D eigenvalue weighted by Crippen LogP contribution is -2.33. The summed E-state index contributed by atoms with van der Waals surface area (Å²) in [7, 11) is -4.40. The monoisotopic (exact) mass is 573 g/mol. The summed E-state index contributed by atoms with van der Waals surface area (Å²) in [6.07, 6.45) is 0.0587. The van der Waals surface area contributed by atoms with Crippen LogP contribution in [0.3, 0.4) is 0 Å². The molecule has 0 radical (unpaired) electrons. The SMILES string of the molecule is Cc1c(Br)ccc(F)c1[C@@H](C)[C@H](NS(=O)(=O)c1ccc(Cl)c2c1OCCC2=O)c1n[nH]c(=O)o1. The molecule has 0 spiro atoms. The molecule has 34 heavy (non-hydrogen) atoms. The fraction of sp³-hybridized carbons (Fsp3) is 0.286. The number of hydrogen-bond donors (Lipinski definition) is 2. The van der Waals surface area contributed by atoms with Gasteiger partial charge in [-0.25, -0.2) is 22.7 Å². The van der Waals surface area contributed by atoms with E-state index in [9.17, 15) is 22.4 Å². The Labute approximate surface area is 206 Å². The zero-order valence-corrected chi connectivity index (χ0v) is 21.0. The molecule has 0 unspecified atom stereocenters. The minimum absolute atomic E-state index is 0.00871. The molecule has 9 nitrogen and oxygen atoms in total. The maximum Gasteiger partial charge on any atom is 0.434 e. The van der Waals surface area contributed by atoms with Gasteiger partial charge in [0.2, 0.25) is 15.9 Å². The van der Waals surface area contributed by atoms with Gasteiger partial charge in [-0.1, -0.05) is 34.5 Å². The van der Waals surface area contributed by atoms with Crippen LogP contribution in [0.15, 0.2) is 42.8 Å². The van der Waals surface area contributed by atoms with Gasteiger partial charge in [0.1, 0.15) is 16.8 Å². The van der Waals surface area contributed by atoms with Gasteiger partial charge >= 0.3 is 5.76 Å². The number of benzene rings is 2. The Morgan fingerprint density at radius 3 is 2.68 bits per heavy atom. The molecule has 0 amide bonds. The normalized spacial score (nSPS) is 15.5. The predicted molar refractivity (Wildman–Crippen MR) is 123 cm³/mol. The second kappa shape index (κ2) is 9.25. The largest absolute Gasteiger partial charge is 0.491 e. The smallest absolute Gasteiger partial charge is 0.434 e. The summed E-state index contributed by atoms with van der Waals surface area (Å²) < 4.78 is 55.4. The third-order valence-electron chi connectivity index (χ3n) is 5.57. The molecular weight excluding hydrogens is 557 g/mol. The van der Waals surface area contributed by atoms with Gasteiger partial charge in [0.15, 0.2) is 11.5 Å². The van der Waals surface area contributed by atoms with Crippen molar-refractivity contribution in [3.63, 3.8) is 0 Å². The van der Waals surface area contributed by atoms with E-state index in [1.54, 1.807) is 13.8 Å². The van der Waals surface area contributed by atoms with Crippen LogP contribution in [0.2, 0.25) is 5.02 Å². The van der Waals surface area contributed by atoms with Crippen LogP contribution in [0.5, 0.6) is 5.75 Å². The molecule has 2 atom stereocenters. The topological polar surface area (TPSA) is 131 Å². The first kappa shape index (κ1) is 24.6. The highest BCUT2D eigenvalue weighted by Crippen LogP contribution is 2.40. The highest BCUT2D eigenvalue weighted by molar-refractivity contribution is 9.10. The number of carbonyl (C=O) groups excluding carboxylic acids is 1. The number of hydrogen-bond acceptors (Lipinski definition) is 7. The summed E-state index contributed by atoms with van der Waals surface area (Å²) in [5.74, 6) is -3.16. The van der Waals surface area contributed by atoms with Crippen molar-refractivity contribution >= 4 is 43.3 Å². The zero-order chi connectivity index (χ0) is 24.8. The average Bonchev–Trinajstić information content (AvgIpc) is 3.21. The highest BCUT2D eigenvalue weighted by atomic mass is 79.9. The third-order valence-corrected chi connectivity index (χ3v) is 8.21. The fourth-order valence-corrected chi connectivity index (χ4v) is 5.91. The Balaban J connectivity index is 1.83. The van der Waals surface area contributed by atoms with E-state index in [1.165, 1.54) is 24.3 Å². The molecule has 0 fully saturated rings. The minimum atomic E-state index is -4.40. The molecule has 2 aromatic carbocycles. The summed E-state index contributed by atoms with van der Waals surface area (Å²) in [6.45, 7) is 3.22. The first-order valence-corrected chi connectivity index (χ1v) is 12.7. The minimum Gasteiger partial charge on any atom is -0.491 e. The standard InChI is InChI=1S/C21H18BrClFN3O6S/c1-9-11(22)3-5-13(24)16(9)10(2)18(20-25-26-21(29)33-20)27-34(30,31)15-6-4-12(23)17-14(28)7-8-32-19(15)17/h3-6,10,18,27H,7-8H2,1-2H3,(H,26,29)/t10-,18+/m1/s1. The van der Waals surface area contributed by atoms with Crippen molar-refractivity contribution in [1.29, 1.82) is 0 Å². The van der Waals surface area contributed by atoms with Crippen LogP contribution in [-0.4, -0.2) is 31.0 Å². The number of nitrogens with one attached hydrogen (secondary N) is 2. The first-order chi connectivity index (χ1) is 16.0. The molecule has 13 heteroatoms. The molecule has 1 aromatic heterocycles. The molecule has 2 N–H and O–H groups in total. The lowest BCUT2D eigenvalue weighted by atomic mass is 9.90. The van der Waals surface area contributed by atoms with Gasteiger partial charge in [-0.3, -0.25) is 4.79 Å². The van der Waals surface area contributed by atoms with Gasteiger partial charge in [0.05, 0.1) is 17.2 Å². The van der Waals surface area contributed by atoms with Gasteiger partial charge < -0.3 is 9.15 Å². The Bertz CT molecular complexity index is 1460. The number of rotatable bonds is 6. The van der Waals surface area contributed by atoms with Gasteiger partial charge in [-0.05, 0) is 42.3 Å². The number of ketones is 1. The van der Waals surface area contributed by atoms with E-state index in [1.807, 2.05) is 0 Å². The Kier molecular flexibility index (Phi) is 6.69. The van der Waals surface area contributed by atoms with Crippen LogP contribution in [0, 0.1) is 12.7 Å². The van der Waals surface area contributed by atoms with Crippen LogP contribution < -0.4 is 15.2 Å². The number of halogens is 3. The summed E-state index contributed by atoms with van der Waals surface area (Å²) >= 11 is 9.47. The van der Waals surface area contributed by atoms with E-state index in [0.29, 0.717) is 10.0 Å². The molecule has 1 aliphatic heterocycles. The lowest BCUT2D eigenvalue weighted by Gasteiger charge is -2.26. The summed E-state index contributed by atoms with van der Waals surface area (Å²) in [5, 5.41) is 5.92. The van der Waals surface area contributed by atoms with Gasteiger partial charge in [0.25, 0.3) is 0 Å². The number of carbonyl (C=O) groups is 1. The Morgan fingerprint density at radius 1 is 1.26 bits per heavy atom. The van der Waals surface area contributed by atoms with E-state index in [4.69, 9.17) is 20.8 Å². The average molecular weight is 575 g/mol. The number of fused-ring (bicyclic) bond motifs is 1. The van der Waals surface area contributed by atoms with Crippen LogP contribution in [-0.2, 0) is 10.0 Å². The van der Waals surface area contributed by atoms with Crippen LogP contribution >= 0.6 is 27.5 Å². The van der Waals surface area contributed by atoms with Gasteiger partial charge in [-0.2, -0.15) is 4.72 Å². The maximum absolute atomic E-state index is 14.8. The van der Waals surface area contributed by atoms with Crippen molar-refractivity contribution < 1.29 is 26.8 Å². The molecule has 0 saturated carbocycles. The number of sulfonamides is 1. The van der Waals surface area contributed by atoms with Crippen molar-refractivity contribution in [1.82, 2.24) is 14.9 Å². The molecule has 1 aliphatic rings. The Morgan fingerprint density at radius 2 is 2.00 bits per heavy atom. The summed E-state index contributed by atoms with van der Waals surface area (Å²) in [6, 6.07) is 3.97. The molecule has 180 valence electrons. The predicted octanol–water partition coefficient (Wildman–Crippen LogP) is 4.01. The number of Topliss-reactive ketones (excluding diaryl/α,β-unsaturated/α-hetero) is 1. The molecule has 0 saturated heterocycles. The lowest BCUT2D eigenvalue weighted by molar-refractivity contribution is 0.0931. The van der Waals surface area contributed by atoms with E-state index in [-0.39, 0.29) is 51.5 Å². The zero-order valence-electron chi connectivity index (χ0n) is 17.8. The molecule has 3 aromatic rings. The molecule has 4 rings (SSSR count). The van der Waals surface area contributed by atoms with Crippen molar-refractivity contribution in [2.24, 2.45) is 0 Å².